The van der Waals surface area contributed by atoms with Crippen LogP contribution in [0.15, 0.2) is 60.8 Å². The normalized spacial score (nSPS) is 14.4. The molecular weight excluding hydrogens is 483 g/mol. The maximum absolute atomic E-state index is 13.9. The number of aromatic amines is 1. The van der Waals surface area contributed by atoms with E-state index in [1.807, 2.05) is 37.3 Å². The second-order valence-corrected chi connectivity index (χ2v) is 9.81. The molecule has 2 aromatic heterocycles. The number of aromatic nitrogens is 4. The molecule has 0 bridgehead atoms. The average Bonchev–Trinajstić information content (AvgIpc) is 3.39. The minimum absolute atomic E-state index is 0.0315. The van der Waals surface area contributed by atoms with E-state index in [-0.39, 0.29) is 18.1 Å². The van der Waals surface area contributed by atoms with Crippen molar-refractivity contribution in [1.29, 1.82) is 0 Å². The van der Waals surface area contributed by atoms with Crippen LogP contribution in [0, 0.1) is 18.7 Å². The smallest absolute Gasteiger partial charge is 0.294 e. The van der Waals surface area contributed by atoms with Crippen molar-refractivity contribution in [2.24, 2.45) is 5.92 Å². The third kappa shape index (κ3) is 6.23. The summed E-state index contributed by atoms with van der Waals surface area (Å²) < 4.78 is 20.1. The first-order valence-electron chi connectivity index (χ1n) is 12.8. The lowest BCUT2D eigenvalue weighted by molar-refractivity contribution is 0.101. The van der Waals surface area contributed by atoms with E-state index >= 15 is 0 Å². The number of pyridine rings is 1. The Morgan fingerprint density at radius 2 is 1.95 bits per heavy atom. The van der Waals surface area contributed by atoms with E-state index in [2.05, 4.69) is 37.4 Å². The first-order chi connectivity index (χ1) is 18.4. The second-order valence-electron chi connectivity index (χ2n) is 9.81. The highest BCUT2D eigenvalue weighted by atomic mass is 19.1. The van der Waals surface area contributed by atoms with Crippen LogP contribution in [0.4, 0.5) is 10.2 Å². The minimum atomic E-state index is -0.478. The zero-order valence-corrected chi connectivity index (χ0v) is 21.6. The maximum Gasteiger partial charge on any atom is 0.294 e. The lowest BCUT2D eigenvalue weighted by Gasteiger charge is -2.28. The highest BCUT2D eigenvalue weighted by molar-refractivity contribution is 6.01. The van der Waals surface area contributed by atoms with Gasteiger partial charge in [0.2, 0.25) is 5.82 Å². The summed E-state index contributed by atoms with van der Waals surface area (Å²) in [6, 6.07) is 16.2. The van der Waals surface area contributed by atoms with Crippen LogP contribution in [0.3, 0.4) is 0 Å². The Hall–Kier alpha value is -4.11. The monoisotopic (exact) mass is 514 g/mol. The molecule has 0 saturated carbocycles. The predicted octanol–water partition coefficient (Wildman–Crippen LogP) is 4.88. The zero-order chi connectivity index (χ0) is 26.5. The Balaban J connectivity index is 1.25. The van der Waals surface area contributed by atoms with Gasteiger partial charge in [0.15, 0.2) is 0 Å². The number of aryl methyl sites for hydroxylation is 1. The van der Waals surface area contributed by atoms with Gasteiger partial charge in [-0.05, 0) is 98.4 Å². The number of hydrogen-bond acceptors (Lipinski definition) is 6. The Labute approximate surface area is 221 Å². The maximum atomic E-state index is 13.9. The molecule has 0 spiro atoms. The molecule has 0 radical (unpaired) electrons. The third-order valence-electron chi connectivity index (χ3n) is 6.91. The molecule has 3 heterocycles. The fourth-order valence-electron chi connectivity index (χ4n) is 4.59. The van der Waals surface area contributed by atoms with Crippen LogP contribution in [-0.4, -0.2) is 57.7 Å². The molecule has 0 aliphatic carbocycles. The topological polar surface area (TPSA) is 96.0 Å². The molecule has 9 heteroatoms. The van der Waals surface area contributed by atoms with E-state index in [1.165, 1.54) is 6.07 Å². The molecule has 1 aliphatic heterocycles. The van der Waals surface area contributed by atoms with Gasteiger partial charge in [-0.25, -0.2) is 9.37 Å². The van der Waals surface area contributed by atoms with Gasteiger partial charge in [-0.15, -0.1) is 10.2 Å². The van der Waals surface area contributed by atoms with Crippen LogP contribution in [0.1, 0.15) is 40.4 Å². The molecule has 1 fully saturated rings. The molecule has 0 unspecified atom stereocenters. The molecule has 196 valence electrons. The van der Waals surface area contributed by atoms with Gasteiger partial charge >= 0.3 is 0 Å². The van der Waals surface area contributed by atoms with E-state index in [4.69, 9.17) is 4.74 Å². The molecular formula is C29H31FN6O2. The Morgan fingerprint density at radius 1 is 1.13 bits per heavy atom. The molecule has 4 aromatic rings. The number of nitrogens with zero attached hydrogens (tertiary/aromatic N) is 4. The van der Waals surface area contributed by atoms with E-state index < -0.39 is 5.91 Å². The largest absolute Gasteiger partial charge is 0.493 e. The summed E-state index contributed by atoms with van der Waals surface area (Å²) in [5, 5.41) is 10.7. The standard InChI is InChI=1S/C29H31FN6O2/c1-19-7-8-23(38-18-20-10-13-36(2)14-11-20)17-24(19)21-9-12-31-26(15-21)33-29(37)28-32-27(34-35-28)16-22-5-3-4-6-25(22)30/h3-9,12,15,17,20H,10-11,13-14,16,18H2,1-2H3,(H,31,33,37)(H,32,34,35). The highest BCUT2D eigenvalue weighted by Gasteiger charge is 2.18. The third-order valence-corrected chi connectivity index (χ3v) is 6.91. The average molecular weight is 515 g/mol. The Bertz CT molecular complexity index is 1410. The van der Waals surface area contributed by atoms with Gasteiger partial charge in [0, 0.05) is 12.6 Å². The van der Waals surface area contributed by atoms with Crippen LogP contribution in [0.2, 0.25) is 0 Å². The van der Waals surface area contributed by atoms with E-state index in [0.29, 0.717) is 29.7 Å². The fraction of sp³-hybridized carbons (Fsp3) is 0.310. The lowest BCUT2D eigenvalue weighted by Crippen LogP contribution is -2.32. The molecule has 2 aromatic carbocycles. The van der Waals surface area contributed by atoms with Crippen molar-refractivity contribution in [3.63, 3.8) is 0 Å². The van der Waals surface area contributed by atoms with Crippen LogP contribution in [0.5, 0.6) is 5.75 Å². The molecule has 1 aliphatic rings. The lowest BCUT2D eigenvalue weighted by atomic mass is 9.98. The quantitative estimate of drug-likeness (QED) is 0.348. The number of carbonyl (C=O) groups excluding carboxylic acids is 1. The van der Waals surface area contributed by atoms with Crippen molar-refractivity contribution >= 4 is 11.7 Å². The highest BCUT2D eigenvalue weighted by Crippen LogP contribution is 2.29. The fourth-order valence-corrected chi connectivity index (χ4v) is 4.59. The molecule has 38 heavy (non-hydrogen) atoms. The predicted molar refractivity (Wildman–Crippen MR) is 144 cm³/mol. The summed E-state index contributed by atoms with van der Waals surface area (Å²) in [6.45, 7) is 4.98. The molecule has 1 amide bonds. The van der Waals surface area contributed by atoms with Crippen molar-refractivity contribution in [3.8, 4) is 16.9 Å². The summed E-state index contributed by atoms with van der Waals surface area (Å²) in [6.07, 6.45) is 4.16. The number of nitrogens with one attached hydrogen (secondary N) is 2. The molecule has 5 rings (SSSR count). The van der Waals surface area contributed by atoms with Crippen LogP contribution >= 0.6 is 0 Å². The minimum Gasteiger partial charge on any atom is -0.493 e. The number of halogens is 1. The number of anilines is 1. The Kier molecular flexibility index (Phi) is 7.74. The van der Waals surface area contributed by atoms with Crippen molar-refractivity contribution in [1.82, 2.24) is 25.1 Å². The molecule has 2 N–H and O–H groups in total. The first kappa shape index (κ1) is 25.5. The van der Waals surface area contributed by atoms with Crippen molar-refractivity contribution in [2.75, 3.05) is 32.1 Å². The number of amides is 1. The van der Waals surface area contributed by atoms with Crippen molar-refractivity contribution in [3.05, 3.63) is 89.4 Å². The number of H-pyrrole nitrogens is 1. The van der Waals surface area contributed by atoms with Gasteiger partial charge < -0.3 is 19.9 Å². The van der Waals surface area contributed by atoms with Gasteiger partial charge in [-0.3, -0.25) is 4.79 Å². The van der Waals surface area contributed by atoms with Crippen LogP contribution < -0.4 is 10.1 Å². The summed E-state index contributed by atoms with van der Waals surface area (Å²) in [5.41, 5.74) is 3.48. The number of piperidine rings is 1. The van der Waals surface area contributed by atoms with Crippen LogP contribution in [0.25, 0.3) is 11.1 Å². The number of carbonyl (C=O) groups is 1. The molecule has 0 atom stereocenters. The van der Waals surface area contributed by atoms with Crippen molar-refractivity contribution < 1.29 is 13.9 Å². The van der Waals surface area contributed by atoms with Crippen LogP contribution in [-0.2, 0) is 6.42 Å². The molecule has 8 nitrogen and oxygen atoms in total. The van der Waals surface area contributed by atoms with E-state index in [1.54, 1.807) is 24.4 Å². The van der Waals surface area contributed by atoms with Gasteiger partial charge in [0.05, 0.1) is 6.61 Å². The van der Waals surface area contributed by atoms with Crippen molar-refractivity contribution in [2.45, 2.75) is 26.2 Å². The summed E-state index contributed by atoms with van der Waals surface area (Å²) >= 11 is 0. The number of benzene rings is 2. The number of likely N-dealkylation sites (tertiary alicyclic amines) is 1. The summed E-state index contributed by atoms with van der Waals surface area (Å²) in [4.78, 5) is 22.3. The number of rotatable bonds is 8. The number of hydrogen-bond donors (Lipinski definition) is 2. The summed E-state index contributed by atoms with van der Waals surface area (Å²) in [7, 11) is 2.16. The van der Waals surface area contributed by atoms with Gasteiger partial charge in [0.25, 0.3) is 5.91 Å². The zero-order valence-electron chi connectivity index (χ0n) is 21.6. The Morgan fingerprint density at radius 3 is 2.76 bits per heavy atom. The SMILES string of the molecule is Cc1ccc(OCC2CCN(C)CC2)cc1-c1ccnc(NC(=O)c2nnc(Cc3ccccc3F)[nH]2)c1. The molecule has 1 saturated heterocycles. The number of ether oxygens (including phenoxy) is 1. The second kappa shape index (κ2) is 11.5. The van der Waals surface area contributed by atoms with Gasteiger partial charge in [-0.2, -0.15) is 0 Å². The van der Waals surface area contributed by atoms with E-state index in [0.717, 1.165) is 48.4 Å². The van der Waals surface area contributed by atoms with E-state index in [9.17, 15) is 9.18 Å². The first-order valence-corrected chi connectivity index (χ1v) is 12.8. The van der Waals surface area contributed by atoms with Gasteiger partial charge in [-0.1, -0.05) is 24.3 Å². The summed E-state index contributed by atoms with van der Waals surface area (Å²) in [5.74, 6) is 1.41. The van der Waals surface area contributed by atoms with Gasteiger partial charge in [0.1, 0.15) is 23.2 Å².